The molecule has 0 saturated heterocycles. The highest BCUT2D eigenvalue weighted by Gasteiger charge is 2.31. The topological polar surface area (TPSA) is 33.5 Å². The van der Waals surface area contributed by atoms with Crippen LogP contribution in [0.4, 0.5) is 0 Å². The van der Waals surface area contributed by atoms with Crippen LogP contribution in [0.5, 0.6) is 0 Å². The fourth-order valence-corrected chi connectivity index (χ4v) is 2.68. The Balaban J connectivity index is 1.68. The number of hydrogen-bond donors (Lipinski definition) is 0. The zero-order valence-corrected chi connectivity index (χ0v) is 11.3. The van der Waals surface area contributed by atoms with Crippen molar-refractivity contribution in [1.82, 2.24) is 4.90 Å². The molecule has 2 aromatic rings. The van der Waals surface area contributed by atoms with Gasteiger partial charge in [-0.3, -0.25) is 4.79 Å². The molecular formula is C15H15NO2S. The van der Waals surface area contributed by atoms with Gasteiger partial charge in [0.25, 0.3) is 0 Å². The summed E-state index contributed by atoms with van der Waals surface area (Å²) in [5, 5.41) is 2.05. The molecule has 1 fully saturated rings. The van der Waals surface area contributed by atoms with Crippen molar-refractivity contribution in [2.75, 3.05) is 0 Å². The summed E-state index contributed by atoms with van der Waals surface area (Å²) in [5.41, 5.74) is 0. The predicted octanol–water partition coefficient (Wildman–Crippen LogP) is 3.55. The molecule has 0 unspecified atom stereocenters. The van der Waals surface area contributed by atoms with E-state index in [0.29, 0.717) is 18.3 Å². The lowest BCUT2D eigenvalue weighted by Gasteiger charge is -2.19. The first-order chi connectivity index (χ1) is 9.33. The first-order valence-corrected chi connectivity index (χ1v) is 7.25. The Morgan fingerprint density at radius 1 is 1.42 bits per heavy atom. The second-order valence-corrected chi connectivity index (χ2v) is 5.66. The molecule has 0 spiro atoms. The summed E-state index contributed by atoms with van der Waals surface area (Å²) in [4.78, 5) is 15.4. The van der Waals surface area contributed by atoms with Gasteiger partial charge in [0.2, 0.25) is 5.91 Å². The van der Waals surface area contributed by atoms with Crippen molar-refractivity contribution < 1.29 is 9.21 Å². The summed E-state index contributed by atoms with van der Waals surface area (Å²) in [6.07, 6.45) is 7.17. The van der Waals surface area contributed by atoms with Crippen molar-refractivity contribution in [3.05, 3.63) is 52.6 Å². The molecule has 2 aromatic heterocycles. The monoisotopic (exact) mass is 273 g/mol. The highest BCUT2D eigenvalue weighted by molar-refractivity contribution is 7.09. The minimum atomic E-state index is 0.0623. The van der Waals surface area contributed by atoms with Gasteiger partial charge in [-0.25, -0.2) is 0 Å². The fraction of sp³-hybridized carbons (Fsp3) is 0.267. The van der Waals surface area contributed by atoms with E-state index in [1.807, 2.05) is 28.5 Å². The fourth-order valence-electron chi connectivity index (χ4n) is 1.98. The molecule has 0 N–H and O–H groups in total. The van der Waals surface area contributed by atoms with Crippen LogP contribution in [0.15, 0.2) is 46.4 Å². The molecule has 2 heterocycles. The van der Waals surface area contributed by atoms with Crippen molar-refractivity contribution >= 4 is 23.3 Å². The van der Waals surface area contributed by atoms with Crippen LogP contribution >= 0.6 is 11.3 Å². The maximum atomic E-state index is 12.2. The van der Waals surface area contributed by atoms with Crippen LogP contribution in [0.2, 0.25) is 0 Å². The number of thiophene rings is 1. The van der Waals surface area contributed by atoms with Gasteiger partial charge >= 0.3 is 0 Å². The third-order valence-corrected chi connectivity index (χ3v) is 3.97. The number of amides is 1. The van der Waals surface area contributed by atoms with Gasteiger partial charge < -0.3 is 9.32 Å². The predicted molar refractivity (Wildman–Crippen MR) is 75.6 cm³/mol. The maximum absolute atomic E-state index is 12.2. The summed E-state index contributed by atoms with van der Waals surface area (Å²) in [7, 11) is 0. The summed E-state index contributed by atoms with van der Waals surface area (Å²) < 4.78 is 5.19. The highest BCUT2D eigenvalue weighted by atomic mass is 32.1. The Bertz CT molecular complexity index is 553. The number of hydrogen-bond acceptors (Lipinski definition) is 3. The Kier molecular flexibility index (Phi) is 3.51. The van der Waals surface area contributed by atoms with E-state index in [9.17, 15) is 4.79 Å². The molecule has 1 saturated carbocycles. The standard InChI is InChI=1S/C15H15NO2S/c17-15(8-7-13-3-1-9-18-13)16(12-5-6-12)11-14-4-2-10-19-14/h1-4,7-10,12H,5-6,11H2. The third-order valence-electron chi connectivity index (χ3n) is 3.11. The Labute approximate surface area is 116 Å². The number of furan rings is 1. The Morgan fingerprint density at radius 3 is 2.95 bits per heavy atom. The first kappa shape index (κ1) is 12.2. The van der Waals surface area contributed by atoms with Crippen LogP contribution in [-0.2, 0) is 11.3 Å². The van der Waals surface area contributed by atoms with E-state index in [4.69, 9.17) is 4.42 Å². The number of carbonyl (C=O) groups excluding carboxylic acids is 1. The minimum absolute atomic E-state index is 0.0623. The van der Waals surface area contributed by atoms with E-state index in [1.165, 1.54) is 4.88 Å². The lowest BCUT2D eigenvalue weighted by Crippen LogP contribution is -2.30. The van der Waals surface area contributed by atoms with Crippen molar-refractivity contribution in [3.8, 4) is 0 Å². The molecule has 0 aromatic carbocycles. The van der Waals surface area contributed by atoms with E-state index in [1.54, 1.807) is 29.8 Å². The Hall–Kier alpha value is -1.81. The van der Waals surface area contributed by atoms with Crippen molar-refractivity contribution in [2.24, 2.45) is 0 Å². The molecule has 0 bridgehead atoms. The zero-order chi connectivity index (χ0) is 13.1. The molecule has 98 valence electrons. The normalized spacial score (nSPS) is 14.9. The van der Waals surface area contributed by atoms with Gasteiger partial charge in [0.15, 0.2) is 0 Å². The van der Waals surface area contributed by atoms with Crippen LogP contribution in [0.25, 0.3) is 6.08 Å². The maximum Gasteiger partial charge on any atom is 0.247 e. The van der Waals surface area contributed by atoms with Crippen LogP contribution < -0.4 is 0 Å². The summed E-state index contributed by atoms with van der Waals surface area (Å²) >= 11 is 1.69. The number of rotatable bonds is 5. The molecule has 0 atom stereocenters. The van der Waals surface area contributed by atoms with E-state index >= 15 is 0 Å². The first-order valence-electron chi connectivity index (χ1n) is 6.37. The smallest absolute Gasteiger partial charge is 0.247 e. The molecule has 1 amide bonds. The van der Waals surface area contributed by atoms with Gasteiger partial charge in [-0.1, -0.05) is 6.07 Å². The lowest BCUT2D eigenvalue weighted by molar-refractivity contribution is -0.127. The molecule has 19 heavy (non-hydrogen) atoms. The average molecular weight is 273 g/mol. The van der Waals surface area contributed by atoms with E-state index in [2.05, 4.69) is 6.07 Å². The summed E-state index contributed by atoms with van der Waals surface area (Å²) in [6, 6.07) is 8.16. The lowest BCUT2D eigenvalue weighted by atomic mass is 10.3. The molecule has 4 heteroatoms. The number of carbonyl (C=O) groups is 1. The summed E-state index contributed by atoms with van der Waals surface area (Å²) in [6.45, 7) is 0.712. The number of nitrogens with zero attached hydrogens (tertiary/aromatic N) is 1. The van der Waals surface area contributed by atoms with Crippen molar-refractivity contribution in [2.45, 2.75) is 25.4 Å². The molecule has 0 aliphatic heterocycles. The summed E-state index contributed by atoms with van der Waals surface area (Å²) in [5.74, 6) is 0.771. The van der Waals surface area contributed by atoms with Crippen LogP contribution in [0.1, 0.15) is 23.5 Å². The van der Waals surface area contributed by atoms with Crippen LogP contribution in [-0.4, -0.2) is 16.8 Å². The van der Waals surface area contributed by atoms with Crippen molar-refractivity contribution in [3.63, 3.8) is 0 Å². The van der Waals surface area contributed by atoms with E-state index < -0.39 is 0 Å². The van der Waals surface area contributed by atoms with Gasteiger partial charge in [0.1, 0.15) is 5.76 Å². The molecule has 3 rings (SSSR count). The molecular weight excluding hydrogens is 258 g/mol. The Morgan fingerprint density at radius 2 is 2.32 bits per heavy atom. The van der Waals surface area contributed by atoms with Gasteiger partial charge in [0.05, 0.1) is 12.8 Å². The van der Waals surface area contributed by atoms with Crippen LogP contribution in [0.3, 0.4) is 0 Å². The zero-order valence-electron chi connectivity index (χ0n) is 10.5. The van der Waals surface area contributed by atoms with Gasteiger partial charge in [0, 0.05) is 17.0 Å². The van der Waals surface area contributed by atoms with Crippen molar-refractivity contribution in [1.29, 1.82) is 0 Å². The molecule has 1 aliphatic rings. The molecule has 0 radical (unpaired) electrons. The van der Waals surface area contributed by atoms with Crippen LogP contribution in [0, 0.1) is 0 Å². The second-order valence-electron chi connectivity index (χ2n) is 4.63. The average Bonchev–Trinajstić information content (AvgIpc) is 2.94. The van der Waals surface area contributed by atoms with E-state index in [-0.39, 0.29) is 5.91 Å². The quantitative estimate of drug-likeness (QED) is 0.781. The SMILES string of the molecule is O=C(C=Cc1ccco1)N(Cc1cccs1)C1CC1. The third kappa shape index (κ3) is 3.15. The largest absolute Gasteiger partial charge is 0.465 e. The van der Waals surface area contributed by atoms with Gasteiger partial charge in [-0.05, 0) is 42.5 Å². The molecule has 1 aliphatic carbocycles. The van der Waals surface area contributed by atoms with Gasteiger partial charge in [-0.2, -0.15) is 0 Å². The molecule has 3 nitrogen and oxygen atoms in total. The van der Waals surface area contributed by atoms with Gasteiger partial charge in [-0.15, -0.1) is 11.3 Å². The van der Waals surface area contributed by atoms with E-state index in [0.717, 1.165) is 12.8 Å². The minimum Gasteiger partial charge on any atom is -0.465 e. The highest BCUT2D eigenvalue weighted by Crippen LogP contribution is 2.29. The second kappa shape index (κ2) is 5.45.